The Morgan fingerprint density at radius 3 is 2.58 bits per heavy atom. The van der Waals surface area contributed by atoms with Gasteiger partial charge < -0.3 is 15.2 Å². The van der Waals surface area contributed by atoms with E-state index in [1.54, 1.807) is 30.3 Å². The number of hydrogen-bond acceptors (Lipinski definition) is 3. The van der Waals surface area contributed by atoms with Crippen molar-refractivity contribution in [3.05, 3.63) is 59.7 Å². The number of nitrogens with one attached hydrogen (secondary N) is 1. The molecule has 2 aromatic carbocycles. The molecule has 0 heterocycles. The molecule has 0 aromatic heterocycles. The Bertz CT molecular complexity index is 567. The molecule has 1 amide bonds. The molecule has 0 saturated carbocycles. The fourth-order valence-corrected chi connectivity index (χ4v) is 1.72. The number of methoxy groups -OCH3 is 1. The van der Waals surface area contributed by atoms with Crippen molar-refractivity contribution in [3.63, 3.8) is 0 Å². The lowest BCUT2D eigenvalue weighted by Crippen LogP contribution is -2.22. The minimum Gasteiger partial charge on any atom is -0.504 e. The Morgan fingerprint density at radius 2 is 1.95 bits per heavy atom. The SMILES string of the molecule is COc1ccc(CNC(=O)c2ccccc2)cc1O. The molecule has 19 heavy (non-hydrogen) atoms. The summed E-state index contributed by atoms with van der Waals surface area (Å²) in [5.41, 5.74) is 1.42. The van der Waals surface area contributed by atoms with Crippen molar-refractivity contribution >= 4 is 5.91 Å². The van der Waals surface area contributed by atoms with E-state index in [4.69, 9.17) is 4.74 Å². The molecule has 0 bridgehead atoms. The van der Waals surface area contributed by atoms with Crippen LogP contribution in [0.1, 0.15) is 15.9 Å². The second kappa shape index (κ2) is 5.91. The highest BCUT2D eigenvalue weighted by molar-refractivity contribution is 5.94. The molecule has 2 N–H and O–H groups in total. The fraction of sp³-hybridized carbons (Fsp3) is 0.133. The van der Waals surface area contributed by atoms with E-state index in [0.717, 1.165) is 5.56 Å². The average Bonchev–Trinajstić information content (AvgIpc) is 2.46. The van der Waals surface area contributed by atoms with Crippen LogP contribution in [-0.2, 0) is 6.54 Å². The molecule has 4 nitrogen and oxygen atoms in total. The highest BCUT2D eigenvalue weighted by Crippen LogP contribution is 2.26. The summed E-state index contributed by atoms with van der Waals surface area (Å²) in [4.78, 5) is 11.8. The minimum atomic E-state index is -0.143. The number of phenolic OH excluding ortho intramolecular Hbond substituents is 1. The lowest BCUT2D eigenvalue weighted by atomic mass is 10.2. The topological polar surface area (TPSA) is 58.6 Å². The molecular weight excluding hydrogens is 242 g/mol. The van der Waals surface area contributed by atoms with E-state index in [1.165, 1.54) is 7.11 Å². The van der Waals surface area contributed by atoms with Gasteiger partial charge in [0.25, 0.3) is 5.91 Å². The standard InChI is InChI=1S/C15H15NO3/c1-19-14-8-7-11(9-13(14)17)10-16-15(18)12-5-3-2-4-6-12/h2-9,17H,10H2,1H3,(H,16,18). The summed E-state index contributed by atoms with van der Waals surface area (Å²) in [6.45, 7) is 0.352. The molecule has 0 fully saturated rings. The van der Waals surface area contributed by atoms with E-state index in [-0.39, 0.29) is 11.7 Å². The monoisotopic (exact) mass is 257 g/mol. The molecule has 0 aliphatic rings. The van der Waals surface area contributed by atoms with Gasteiger partial charge in [0, 0.05) is 12.1 Å². The molecule has 0 aliphatic heterocycles. The zero-order valence-corrected chi connectivity index (χ0v) is 10.6. The number of amides is 1. The van der Waals surface area contributed by atoms with Crippen LogP contribution in [-0.4, -0.2) is 18.1 Å². The van der Waals surface area contributed by atoms with Crippen LogP contribution in [0.15, 0.2) is 48.5 Å². The van der Waals surface area contributed by atoms with Crippen molar-refractivity contribution in [1.82, 2.24) is 5.32 Å². The van der Waals surface area contributed by atoms with Crippen LogP contribution in [0, 0.1) is 0 Å². The molecule has 2 rings (SSSR count). The normalized spacial score (nSPS) is 9.95. The highest BCUT2D eigenvalue weighted by atomic mass is 16.5. The van der Waals surface area contributed by atoms with E-state index < -0.39 is 0 Å². The quantitative estimate of drug-likeness (QED) is 0.883. The van der Waals surface area contributed by atoms with Gasteiger partial charge in [0.15, 0.2) is 11.5 Å². The van der Waals surface area contributed by atoms with Crippen molar-refractivity contribution < 1.29 is 14.6 Å². The minimum absolute atomic E-state index is 0.0639. The van der Waals surface area contributed by atoms with Crippen LogP contribution >= 0.6 is 0 Å². The molecule has 0 unspecified atom stereocenters. The van der Waals surface area contributed by atoms with E-state index >= 15 is 0 Å². The van der Waals surface area contributed by atoms with Crippen molar-refractivity contribution in [3.8, 4) is 11.5 Å². The maximum Gasteiger partial charge on any atom is 0.251 e. The van der Waals surface area contributed by atoms with Gasteiger partial charge in [-0.3, -0.25) is 4.79 Å². The van der Waals surface area contributed by atoms with Gasteiger partial charge in [0.2, 0.25) is 0 Å². The van der Waals surface area contributed by atoms with E-state index in [2.05, 4.69) is 5.32 Å². The Hall–Kier alpha value is -2.49. The van der Waals surface area contributed by atoms with Crippen LogP contribution in [0.2, 0.25) is 0 Å². The molecule has 0 atom stereocenters. The Morgan fingerprint density at radius 1 is 1.21 bits per heavy atom. The predicted octanol–water partition coefficient (Wildman–Crippen LogP) is 2.33. The second-order valence-corrected chi connectivity index (χ2v) is 4.05. The van der Waals surface area contributed by atoms with Crippen molar-refractivity contribution in [2.24, 2.45) is 0 Å². The fourth-order valence-electron chi connectivity index (χ4n) is 1.72. The first kappa shape index (κ1) is 13.0. The number of rotatable bonds is 4. The van der Waals surface area contributed by atoms with Gasteiger partial charge in [-0.15, -0.1) is 0 Å². The third-order valence-electron chi connectivity index (χ3n) is 2.73. The number of carbonyl (C=O) groups excluding carboxylic acids is 1. The third-order valence-corrected chi connectivity index (χ3v) is 2.73. The summed E-state index contributed by atoms with van der Waals surface area (Å²) >= 11 is 0. The molecule has 0 spiro atoms. The van der Waals surface area contributed by atoms with Crippen LogP contribution in [0.5, 0.6) is 11.5 Å². The van der Waals surface area contributed by atoms with Crippen molar-refractivity contribution in [2.45, 2.75) is 6.54 Å². The summed E-state index contributed by atoms with van der Waals surface area (Å²) < 4.78 is 4.96. The van der Waals surface area contributed by atoms with Gasteiger partial charge in [-0.25, -0.2) is 0 Å². The summed E-state index contributed by atoms with van der Waals surface area (Å²) in [5, 5.41) is 12.4. The smallest absolute Gasteiger partial charge is 0.251 e. The first-order valence-electron chi connectivity index (χ1n) is 5.90. The maximum atomic E-state index is 11.8. The van der Waals surface area contributed by atoms with Crippen LogP contribution < -0.4 is 10.1 Å². The molecule has 0 aliphatic carbocycles. The Labute approximate surface area is 111 Å². The van der Waals surface area contributed by atoms with Crippen molar-refractivity contribution in [2.75, 3.05) is 7.11 Å². The average molecular weight is 257 g/mol. The van der Waals surface area contributed by atoms with Gasteiger partial charge in [-0.1, -0.05) is 24.3 Å². The number of aromatic hydroxyl groups is 1. The zero-order chi connectivity index (χ0) is 13.7. The molecule has 0 radical (unpaired) electrons. The summed E-state index contributed by atoms with van der Waals surface area (Å²) in [6, 6.07) is 14.0. The number of phenols is 1. The molecule has 4 heteroatoms. The van der Waals surface area contributed by atoms with Crippen LogP contribution in [0.25, 0.3) is 0 Å². The Balaban J connectivity index is 1.99. The second-order valence-electron chi connectivity index (χ2n) is 4.05. The van der Waals surface area contributed by atoms with Crippen LogP contribution in [0.4, 0.5) is 0 Å². The Kier molecular flexibility index (Phi) is 4.03. The predicted molar refractivity (Wildman–Crippen MR) is 72.3 cm³/mol. The van der Waals surface area contributed by atoms with E-state index in [9.17, 15) is 9.90 Å². The number of ether oxygens (including phenoxy) is 1. The summed E-state index contributed by atoms with van der Waals surface area (Å²) in [6.07, 6.45) is 0. The zero-order valence-electron chi connectivity index (χ0n) is 10.6. The van der Waals surface area contributed by atoms with E-state index in [0.29, 0.717) is 17.9 Å². The summed E-state index contributed by atoms with van der Waals surface area (Å²) in [5.74, 6) is 0.336. The van der Waals surface area contributed by atoms with Gasteiger partial charge in [-0.2, -0.15) is 0 Å². The first-order chi connectivity index (χ1) is 9.20. The van der Waals surface area contributed by atoms with E-state index in [1.807, 2.05) is 18.2 Å². The summed E-state index contributed by atoms with van der Waals surface area (Å²) in [7, 11) is 1.49. The highest BCUT2D eigenvalue weighted by Gasteiger charge is 2.06. The maximum absolute atomic E-state index is 11.8. The largest absolute Gasteiger partial charge is 0.504 e. The van der Waals surface area contributed by atoms with Crippen molar-refractivity contribution in [1.29, 1.82) is 0 Å². The molecule has 2 aromatic rings. The number of carbonyl (C=O) groups is 1. The molecule has 0 saturated heterocycles. The van der Waals surface area contributed by atoms with Gasteiger partial charge in [0.1, 0.15) is 0 Å². The first-order valence-corrected chi connectivity index (χ1v) is 5.90. The molecular formula is C15H15NO3. The van der Waals surface area contributed by atoms with Gasteiger partial charge in [-0.05, 0) is 29.8 Å². The van der Waals surface area contributed by atoms with Gasteiger partial charge >= 0.3 is 0 Å². The third kappa shape index (κ3) is 3.25. The van der Waals surface area contributed by atoms with Crippen LogP contribution in [0.3, 0.4) is 0 Å². The number of hydrogen-bond donors (Lipinski definition) is 2. The lowest BCUT2D eigenvalue weighted by molar-refractivity contribution is 0.0951. The molecule has 98 valence electrons. The number of benzene rings is 2. The lowest BCUT2D eigenvalue weighted by Gasteiger charge is -2.08. The van der Waals surface area contributed by atoms with Gasteiger partial charge in [0.05, 0.1) is 7.11 Å².